The molecule has 98 valence electrons. The zero-order chi connectivity index (χ0) is 13.4. The smallest absolute Gasteiger partial charge is 0.00201 e. The van der Waals surface area contributed by atoms with Gasteiger partial charge in [0.1, 0.15) is 0 Å². The standard InChI is InChI=1S/C19H22/c1-4-17-13(2)9-10-16-12-15-7-5-6-8-18(15)14(3)11-19(16)17/h5-10,14H,4,11-12H2,1-3H3. The first-order valence-electron chi connectivity index (χ1n) is 7.38. The molecule has 1 unspecified atom stereocenters. The Morgan fingerprint density at radius 1 is 1.05 bits per heavy atom. The monoisotopic (exact) mass is 250 g/mol. The SMILES string of the molecule is CCc1c(C)ccc2c1CC(C)c1ccccc1C2. The van der Waals surface area contributed by atoms with Crippen LogP contribution >= 0.6 is 0 Å². The predicted molar refractivity (Wildman–Crippen MR) is 81.9 cm³/mol. The van der Waals surface area contributed by atoms with Gasteiger partial charge in [0.25, 0.3) is 0 Å². The Hall–Kier alpha value is -1.56. The van der Waals surface area contributed by atoms with E-state index in [1.54, 1.807) is 22.3 Å². The van der Waals surface area contributed by atoms with E-state index in [-0.39, 0.29) is 0 Å². The molecular formula is C19H22. The van der Waals surface area contributed by atoms with E-state index in [1.165, 1.54) is 17.5 Å². The molecule has 0 nitrogen and oxygen atoms in total. The molecule has 19 heavy (non-hydrogen) atoms. The summed E-state index contributed by atoms with van der Waals surface area (Å²) in [7, 11) is 0. The van der Waals surface area contributed by atoms with Crippen LogP contribution in [-0.2, 0) is 19.3 Å². The number of fused-ring (bicyclic) bond motifs is 2. The lowest BCUT2D eigenvalue weighted by molar-refractivity contribution is 0.753. The highest BCUT2D eigenvalue weighted by Gasteiger charge is 2.20. The van der Waals surface area contributed by atoms with E-state index in [4.69, 9.17) is 0 Å². The quantitative estimate of drug-likeness (QED) is 0.681. The van der Waals surface area contributed by atoms with Crippen LogP contribution in [0.3, 0.4) is 0 Å². The second-order valence-corrected chi connectivity index (χ2v) is 5.83. The average molecular weight is 250 g/mol. The van der Waals surface area contributed by atoms with Gasteiger partial charge in [0.15, 0.2) is 0 Å². The van der Waals surface area contributed by atoms with Crippen molar-refractivity contribution in [1.82, 2.24) is 0 Å². The van der Waals surface area contributed by atoms with Gasteiger partial charge in [0, 0.05) is 0 Å². The number of rotatable bonds is 1. The van der Waals surface area contributed by atoms with Crippen molar-refractivity contribution < 1.29 is 0 Å². The van der Waals surface area contributed by atoms with Gasteiger partial charge in [0.05, 0.1) is 0 Å². The van der Waals surface area contributed by atoms with Crippen LogP contribution < -0.4 is 0 Å². The maximum Gasteiger partial charge on any atom is -0.00201 e. The van der Waals surface area contributed by atoms with Crippen LogP contribution in [0.5, 0.6) is 0 Å². The van der Waals surface area contributed by atoms with Gasteiger partial charge in [0.2, 0.25) is 0 Å². The molecule has 0 aliphatic heterocycles. The predicted octanol–water partition coefficient (Wildman–Crippen LogP) is 4.81. The molecule has 1 atom stereocenters. The number of hydrogen-bond donors (Lipinski definition) is 0. The van der Waals surface area contributed by atoms with Crippen LogP contribution in [0, 0.1) is 6.92 Å². The summed E-state index contributed by atoms with van der Waals surface area (Å²) < 4.78 is 0. The van der Waals surface area contributed by atoms with Gasteiger partial charge >= 0.3 is 0 Å². The Labute approximate surface area is 116 Å². The molecular weight excluding hydrogens is 228 g/mol. The van der Waals surface area contributed by atoms with Gasteiger partial charge in [-0.05, 0) is 65.5 Å². The van der Waals surface area contributed by atoms with Gasteiger partial charge in [-0.3, -0.25) is 0 Å². The zero-order valence-electron chi connectivity index (χ0n) is 12.2. The Morgan fingerprint density at radius 3 is 2.63 bits per heavy atom. The summed E-state index contributed by atoms with van der Waals surface area (Å²) in [5.41, 5.74) is 9.25. The highest BCUT2D eigenvalue weighted by atomic mass is 14.2. The molecule has 0 fully saturated rings. The number of aryl methyl sites for hydroxylation is 1. The lowest BCUT2D eigenvalue weighted by Crippen LogP contribution is -2.03. The molecule has 2 aromatic rings. The Kier molecular flexibility index (Phi) is 3.18. The fourth-order valence-corrected chi connectivity index (χ4v) is 3.57. The van der Waals surface area contributed by atoms with Crippen molar-refractivity contribution in [2.24, 2.45) is 0 Å². The Morgan fingerprint density at radius 2 is 1.84 bits per heavy atom. The van der Waals surface area contributed by atoms with Crippen molar-refractivity contribution in [2.45, 2.75) is 46.0 Å². The van der Waals surface area contributed by atoms with E-state index in [1.807, 2.05) is 0 Å². The maximum atomic E-state index is 2.37. The maximum absolute atomic E-state index is 2.37. The Balaban J connectivity index is 2.17. The van der Waals surface area contributed by atoms with Gasteiger partial charge in [-0.2, -0.15) is 0 Å². The van der Waals surface area contributed by atoms with Crippen LogP contribution in [-0.4, -0.2) is 0 Å². The zero-order valence-corrected chi connectivity index (χ0v) is 12.2. The molecule has 0 spiro atoms. The summed E-state index contributed by atoms with van der Waals surface area (Å²) in [6.45, 7) is 6.91. The molecule has 0 bridgehead atoms. The summed E-state index contributed by atoms with van der Waals surface area (Å²) in [4.78, 5) is 0. The third-order valence-electron chi connectivity index (χ3n) is 4.59. The van der Waals surface area contributed by atoms with E-state index in [0.29, 0.717) is 5.92 Å². The lowest BCUT2D eigenvalue weighted by Gasteiger charge is -2.16. The minimum atomic E-state index is 0.629. The molecule has 0 heteroatoms. The number of hydrogen-bond acceptors (Lipinski definition) is 0. The largest absolute Gasteiger partial charge is 0.0620 e. The van der Waals surface area contributed by atoms with Crippen molar-refractivity contribution in [3.63, 3.8) is 0 Å². The van der Waals surface area contributed by atoms with E-state index in [9.17, 15) is 0 Å². The highest BCUT2D eigenvalue weighted by molar-refractivity contribution is 5.48. The molecule has 0 heterocycles. The fourth-order valence-electron chi connectivity index (χ4n) is 3.57. The van der Waals surface area contributed by atoms with Crippen molar-refractivity contribution >= 4 is 0 Å². The summed E-state index contributed by atoms with van der Waals surface area (Å²) in [6, 6.07) is 13.6. The molecule has 1 aliphatic carbocycles. The summed E-state index contributed by atoms with van der Waals surface area (Å²) >= 11 is 0. The molecule has 0 amide bonds. The third kappa shape index (κ3) is 2.10. The first kappa shape index (κ1) is 12.5. The van der Waals surface area contributed by atoms with E-state index in [2.05, 4.69) is 57.2 Å². The van der Waals surface area contributed by atoms with Crippen molar-refractivity contribution in [3.8, 4) is 0 Å². The molecule has 0 radical (unpaired) electrons. The van der Waals surface area contributed by atoms with Crippen LogP contribution in [0.2, 0.25) is 0 Å². The van der Waals surface area contributed by atoms with Crippen molar-refractivity contribution in [1.29, 1.82) is 0 Å². The van der Waals surface area contributed by atoms with E-state index in [0.717, 1.165) is 12.8 Å². The molecule has 2 aromatic carbocycles. The number of benzene rings is 2. The van der Waals surface area contributed by atoms with Crippen molar-refractivity contribution in [3.05, 3.63) is 69.8 Å². The molecule has 0 N–H and O–H groups in total. The first-order valence-corrected chi connectivity index (χ1v) is 7.38. The van der Waals surface area contributed by atoms with Gasteiger partial charge in [-0.15, -0.1) is 0 Å². The minimum Gasteiger partial charge on any atom is -0.0620 e. The van der Waals surface area contributed by atoms with Crippen LogP contribution in [0.4, 0.5) is 0 Å². The first-order chi connectivity index (χ1) is 9.20. The fraction of sp³-hybridized carbons (Fsp3) is 0.368. The normalized spacial score (nSPS) is 17.5. The Bertz CT molecular complexity index is 607. The summed E-state index contributed by atoms with van der Waals surface area (Å²) in [6.07, 6.45) is 3.44. The molecule has 0 saturated carbocycles. The summed E-state index contributed by atoms with van der Waals surface area (Å²) in [5, 5.41) is 0. The topological polar surface area (TPSA) is 0 Å². The van der Waals surface area contributed by atoms with Gasteiger partial charge < -0.3 is 0 Å². The second kappa shape index (κ2) is 4.85. The molecule has 0 saturated heterocycles. The second-order valence-electron chi connectivity index (χ2n) is 5.83. The molecule has 0 aromatic heterocycles. The summed E-state index contributed by atoms with van der Waals surface area (Å²) in [5.74, 6) is 0.629. The van der Waals surface area contributed by atoms with Crippen molar-refractivity contribution in [2.75, 3.05) is 0 Å². The lowest BCUT2D eigenvalue weighted by atomic mass is 9.89. The average Bonchev–Trinajstić information content (AvgIpc) is 2.56. The van der Waals surface area contributed by atoms with Gasteiger partial charge in [-0.25, -0.2) is 0 Å². The van der Waals surface area contributed by atoms with Gasteiger partial charge in [-0.1, -0.05) is 50.2 Å². The molecule has 1 aliphatic rings. The highest BCUT2D eigenvalue weighted by Crippen LogP contribution is 2.34. The van der Waals surface area contributed by atoms with E-state index >= 15 is 0 Å². The van der Waals surface area contributed by atoms with E-state index < -0.39 is 0 Å². The minimum absolute atomic E-state index is 0.629. The van der Waals surface area contributed by atoms with Crippen LogP contribution in [0.1, 0.15) is 53.1 Å². The van der Waals surface area contributed by atoms with Crippen LogP contribution in [0.15, 0.2) is 36.4 Å². The third-order valence-corrected chi connectivity index (χ3v) is 4.59. The van der Waals surface area contributed by atoms with Crippen LogP contribution in [0.25, 0.3) is 0 Å². The molecule has 3 rings (SSSR count).